The average Bonchev–Trinajstić information content (AvgIpc) is 2.38. The normalized spacial score (nSPS) is 19.5. The lowest BCUT2D eigenvalue weighted by Crippen LogP contribution is -2.16. The summed E-state index contributed by atoms with van der Waals surface area (Å²) in [6, 6.07) is 8.65. The number of hydrogen-bond acceptors (Lipinski definition) is 3. The van der Waals surface area contributed by atoms with Crippen molar-refractivity contribution in [1.82, 2.24) is 4.42 Å². The van der Waals surface area contributed by atoms with Gasteiger partial charge in [0.05, 0.1) is 0 Å². The van der Waals surface area contributed by atoms with Crippen molar-refractivity contribution in [3.63, 3.8) is 0 Å². The van der Waals surface area contributed by atoms with Crippen LogP contribution in [0.2, 0.25) is 0 Å². The van der Waals surface area contributed by atoms with E-state index in [1.165, 1.54) is 11.1 Å². The van der Waals surface area contributed by atoms with Crippen LogP contribution in [-0.4, -0.2) is 27.8 Å². The Balaban J connectivity index is 0.000000317. The summed E-state index contributed by atoms with van der Waals surface area (Å²) >= 11 is 6.04. The fourth-order valence-corrected chi connectivity index (χ4v) is 2.26. The zero-order valence-electron chi connectivity index (χ0n) is 9.54. The Hall–Kier alpha value is -1.33. The van der Waals surface area contributed by atoms with Crippen LogP contribution in [0.1, 0.15) is 24.0 Å². The Kier molecular flexibility index (Phi) is 5.18. The highest BCUT2D eigenvalue weighted by atomic mass is 35.5. The van der Waals surface area contributed by atoms with E-state index < -0.39 is 5.09 Å². The van der Waals surface area contributed by atoms with Crippen LogP contribution < -0.4 is 0 Å². The fraction of sp³-hybridized carbons (Fsp3) is 0.455. The third kappa shape index (κ3) is 4.58. The molecule has 0 saturated heterocycles. The summed E-state index contributed by atoms with van der Waals surface area (Å²) in [5.41, 5.74) is 2.92. The second-order valence-electron chi connectivity index (χ2n) is 3.96. The molecule has 1 aliphatic heterocycles. The number of rotatable bonds is 0. The summed E-state index contributed by atoms with van der Waals surface area (Å²) in [6.45, 7) is 4.15. The zero-order chi connectivity index (χ0) is 12.8. The standard InChI is InChI=1S/C11H14ClN.HNO3/c1-9-8-13(12)7-6-10-4-2-3-5-11(9)10;2-1(3)4/h2-5,9H,6-8H2,1H3;(H,2,3,4)/t9-;/m1./s1. The third-order valence-corrected chi connectivity index (χ3v) is 2.99. The maximum atomic E-state index is 8.36. The van der Waals surface area contributed by atoms with Gasteiger partial charge in [0.15, 0.2) is 0 Å². The summed E-state index contributed by atoms with van der Waals surface area (Å²) in [7, 11) is 0. The van der Waals surface area contributed by atoms with E-state index in [9.17, 15) is 0 Å². The number of nitrogens with zero attached hydrogens (tertiary/aromatic N) is 2. The van der Waals surface area contributed by atoms with Crippen molar-refractivity contribution < 1.29 is 10.3 Å². The van der Waals surface area contributed by atoms with Gasteiger partial charge in [0, 0.05) is 13.1 Å². The Labute approximate surface area is 105 Å². The van der Waals surface area contributed by atoms with E-state index in [1.807, 2.05) is 4.42 Å². The first-order valence-electron chi connectivity index (χ1n) is 5.32. The van der Waals surface area contributed by atoms with E-state index in [4.69, 9.17) is 27.1 Å². The van der Waals surface area contributed by atoms with Gasteiger partial charge < -0.3 is 5.21 Å². The second-order valence-corrected chi connectivity index (χ2v) is 4.43. The van der Waals surface area contributed by atoms with Crippen LogP contribution in [0.3, 0.4) is 0 Å². The molecule has 1 N–H and O–H groups in total. The van der Waals surface area contributed by atoms with Crippen LogP contribution in [0.25, 0.3) is 0 Å². The predicted molar refractivity (Wildman–Crippen MR) is 64.8 cm³/mol. The number of benzene rings is 1. The van der Waals surface area contributed by atoms with Gasteiger partial charge in [-0.05, 0) is 35.2 Å². The van der Waals surface area contributed by atoms with E-state index in [-0.39, 0.29) is 0 Å². The number of halogens is 1. The van der Waals surface area contributed by atoms with Crippen LogP contribution in [0.4, 0.5) is 0 Å². The van der Waals surface area contributed by atoms with Gasteiger partial charge >= 0.3 is 0 Å². The Bertz CT molecular complexity index is 383. The molecule has 0 amide bonds. The molecule has 0 aliphatic carbocycles. The van der Waals surface area contributed by atoms with Gasteiger partial charge in [-0.1, -0.05) is 31.2 Å². The van der Waals surface area contributed by atoms with E-state index in [2.05, 4.69) is 31.2 Å². The first kappa shape index (κ1) is 13.7. The van der Waals surface area contributed by atoms with Crippen molar-refractivity contribution in [1.29, 1.82) is 0 Å². The molecule has 1 aliphatic rings. The lowest BCUT2D eigenvalue weighted by Gasteiger charge is -2.14. The molecule has 2 rings (SSSR count). The van der Waals surface area contributed by atoms with Gasteiger partial charge in [-0.15, -0.1) is 10.1 Å². The smallest absolute Gasteiger partial charge is 0.291 e. The summed E-state index contributed by atoms with van der Waals surface area (Å²) in [5.74, 6) is 0.552. The van der Waals surface area contributed by atoms with E-state index >= 15 is 0 Å². The van der Waals surface area contributed by atoms with Crippen LogP contribution >= 0.6 is 11.8 Å². The highest BCUT2D eigenvalue weighted by molar-refractivity contribution is 6.13. The van der Waals surface area contributed by atoms with Crippen LogP contribution in [-0.2, 0) is 6.42 Å². The lowest BCUT2D eigenvalue weighted by atomic mass is 9.96. The zero-order valence-corrected chi connectivity index (χ0v) is 10.3. The largest absolute Gasteiger partial charge is 0.328 e. The maximum Gasteiger partial charge on any atom is 0.291 e. The van der Waals surface area contributed by atoms with Crippen molar-refractivity contribution in [2.24, 2.45) is 0 Å². The van der Waals surface area contributed by atoms with E-state index in [0.717, 1.165) is 19.5 Å². The molecule has 1 aromatic carbocycles. The van der Waals surface area contributed by atoms with Gasteiger partial charge in [0.2, 0.25) is 0 Å². The fourth-order valence-electron chi connectivity index (χ4n) is 1.97. The van der Waals surface area contributed by atoms with Gasteiger partial charge in [-0.2, -0.15) is 0 Å². The van der Waals surface area contributed by atoms with Gasteiger partial charge in [0.1, 0.15) is 0 Å². The molecule has 0 bridgehead atoms. The molecule has 1 aromatic rings. The minimum atomic E-state index is -1.50. The predicted octanol–water partition coefficient (Wildman–Crippen LogP) is 2.45. The maximum absolute atomic E-state index is 8.36. The van der Waals surface area contributed by atoms with Gasteiger partial charge in [0.25, 0.3) is 5.09 Å². The molecule has 1 heterocycles. The molecule has 94 valence electrons. The molecule has 0 spiro atoms. The molecule has 6 heteroatoms. The Morgan fingerprint density at radius 3 is 2.76 bits per heavy atom. The quantitative estimate of drug-likeness (QED) is 0.441. The molecule has 0 saturated carbocycles. The molecule has 0 aromatic heterocycles. The molecule has 0 fully saturated rings. The summed E-state index contributed by atoms with van der Waals surface area (Å²) < 4.78 is 1.89. The van der Waals surface area contributed by atoms with Gasteiger partial charge in [-0.3, -0.25) is 0 Å². The second kappa shape index (κ2) is 6.42. The van der Waals surface area contributed by atoms with Crippen molar-refractivity contribution in [2.75, 3.05) is 13.1 Å². The SMILES string of the molecule is C[C@@H]1CN(Cl)CCc2ccccc21.O=[N+]([O-])O. The van der Waals surface area contributed by atoms with Crippen molar-refractivity contribution in [3.05, 3.63) is 45.5 Å². The van der Waals surface area contributed by atoms with Crippen molar-refractivity contribution in [2.45, 2.75) is 19.3 Å². The number of hydrogen-bond donors (Lipinski definition) is 1. The van der Waals surface area contributed by atoms with Crippen molar-refractivity contribution >= 4 is 11.8 Å². The first-order valence-corrected chi connectivity index (χ1v) is 5.66. The lowest BCUT2D eigenvalue weighted by molar-refractivity contribution is -0.742. The Morgan fingerprint density at radius 2 is 2.12 bits per heavy atom. The molecule has 5 nitrogen and oxygen atoms in total. The minimum Gasteiger partial charge on any atom is -0.328 e. The monoisotopic (exact) mass is 258 g/mol. The highest BCUT2D eigenvalue weighted by Gasteiger charge is 2.17. The number of fused-ring (bicyclic) bond motifs is 1. The summed E-state index contributed by atoms with van der Waals surface area (Å²) in [5, 5.41) is 13.6. The first-order chi connectivity index (χ1) is 8.00. The molecule has 17 heavy (non-hydrogen) atoms. The molecule has 0 radical (unpaired) electrons. The molecule has 1 atom stereocenters. The Morgan fingerprint density at radius 1 is 1.53 bits per heavy atom. The summed E-state index contributed by atoms with van der Waals surface area (Å²) in [4.78, 5) is 8.36. The van der Waals surface area contributed by atoms with Crippen LogP contribution in [0.5, 0.6) is 0 Å². The van der Waals surface area contributed by atoms with Crippen LogP contribution in [0.15, 0.2) is 24.3 Å². The third-order valence-electron chi connectivity index (χ3n) is 2.68. The highest BCUT2D eigenvalue weighted by Crippen LogP contribution is 2.25. The molecular formula is C11H15ClN2O3. The summed E-state index contributed by atoms with van der Waals surface area (Å²) in [6.07, 6.45) is 1.07. The van der Waals surface area contributed by atoms with Crippen molar-refractivity contribution in [3.8, 4) is 0 Å². The van der Waals surface area contributed by atoms with E-state index in [1.54, 1.807) is 0 Å². The topological polar surface area (TPSA) is 66.6 Å². The molecular weight excluding hydrogens is 244 g/mol. The molecule has 0 unspecified atom stereocenters. The van der Waals surface area contributed by atoms with Gasteiger partial charge in [-0.25, -0.2) is 4.42 Å². The van der Waals surface area contributed by atoms with Crippen LogP contribution in [0, 0.1) is 10.1 Å². The minimum absolute atomic E-state index is 0.552. The van der Waals surface area contributed by atoms with E-state index in [0.29, 0.717) is 5.92 Å². The average molecular weight is 259 g/mol.